The maximum atomic E-state index is 5.60. The molecule has 2 rings (SSSR count). The van der Waals surface area contributed by atoms with Crippen molar-refractivity contribution >= 4 is 28.2 Å². The Hall–Kier alpha value is -0.260. The minimum Gasteiger partial charge on any atom is -0.375 e. The molecule has 0 aliphatic heterocycles. The number of nitrogens with two attached hydrogens (primary N) is 1. The molecule has 1 saturated carbocycles. The van der Waals surface area contributed by atoms with Crippen molar-refractivity contribution in [1.29, 1.82) is 0 Å². The average Bonchev–Trinajstić information content (AvgIpc) is 2.88. The van der Waals surface area contributed by atoms with Gasteiger partial charge in [0, 0.05) is 0 Å². The third-order valence-electron chi connectivity index (χ3n) is 2.09. The van der Waals surface area contributed by atoms with Crippen LogP contribution in [0, 0.1) is 12.8 Å². The van der Waals surface area contributed by atoms with E-state index in [2.05, 4.69) is 4.98 Å². The fraction of sp³-hybridized carbons (Fsp3) is 0.667. The molecule has 1 fully saturated rings. The molecule has 0 unspecified atom stereocenters. The SMILES string of the molecule is Cc1nc(N)sc1SCOCC1CC1. The lowest BCUT2D eigenvalue weighted by molar-refractivity contribution is 0.171. The fourth-order valence-corrected chi connectivity index (χ4v) is 2.87. The lowest BCUT2D eigenvalue weighted by atomic mass is 10.5. The van der Waals surface area contributed by atoms with Crippen molar-refractivity contribution < 1.29 is 4.74 Å². The predicted molar refractivity (Wildman–Crippen MR) is 60.7 cm³/mol. The zero-order valence-corrected chi connectivity index (χ0v) is 9.79. The van der Waals surface area contributed by atoms with E-state index in [0.717, 1.165) is 24.2 Å². The molecule has 0 bridgehead atoms. The second-order valence-corrected chi connectivity index (χ2v) is 5.72. The van der Waals surface area contributed by atoms with Gasteiger partial charge in [-0.2, -0.15) is 0 Å². The number of thioether (sulfide) groups is 1. The van der Waals surface area contributed by atoms with E-state index in [1.807, 2.05) is 6.92 Å². The second kappa shape index (κ2) is 4.51. The summed E-state index contributed by atoms with van der Waals surface area (Å²) < 4.78 is 6.71. The molecular formula is C9H14N2OS2. The molecule has 2 N–H and O–H groups in total. The van der Waals surface area contributed by atoms with Gasteiger partial charge in [0.2, 0.25) is 0 Å². The number of aromatic nitrogens is 1. The summed E-state index contributed by atoms with van der Waals surface area (Å²) in [6.45, 7) is 2.90. The van der Waals surface area contributed by atoms with E-state index in [4.69, 9.17) is 10.5 Å². The number of nitrogens with zero attached hydrogens (tertiary/aromatic N) is 1. The van der Waals surface area contributed by atoms with Crippen LogP contribution in [-0.4, -0.2) is 17.5 Å². The highest BCUT2D eigenvalue weighted by atomic mass is 32.2. The Labute approximate surface area is 92.1 Å². The zero-order chi connectivity index (χ0) is 9.97. The Morgan fingerprint density at radius 2 is 2.43 bits per heavy atom. The van der Waals surface area contributed by atoms with E-state index in [-0.39, 0.29) is 0 Å². The Kier molecular flexibility index (Phi) is 3.30. The van der Waals surface area contributed by atoms with E-state index >= 15 is 0 Å². The molecule has 0 amide bonds. The van der Waals surface area contributed by atoms with Gasteiger partial charge < -0.3 is 10.5 Å². The molecule has 0 aromatic carbocycles. The number of ether oxygens (including phenoxy) is 1. The Morgan fingerprint density at radius 3 is 3.00 bits per heavy atom. The van der Waals surface area contributed by atoms with Crippen LogP contribution >= 0.6 is 23.1 Å². The van der Waals surface area contributed by atoms with Crippen LogP contribution < -0.4 is 5.73 Å². The number of nitrogen functional groups attached to an aromatic ring is 1. The van der Waals surface area contributed by atoms with Crippen LogP contribution in [0.5, 0.6) is 0 Å². The molecular weight excluding hydrogens is 216 g/mol. The van der Waals surface area contributed by atoms with Gasteiger partial charge >= 0.3 is 0 Å². The van der Waals surface area contributed by atoms with Crippen molar-refractivity contribution in [2.24, 2.45) is 5.92 Å². The van der Waals surface area contributed by atoms with E-state index in [1.165, 1.54) is 28.4 Å². The van der Waals surface area contributed by atoms with Crippen LogP contribution in [0.1, 0.15) is 18.5 Å². The summed E-state index contributed by atoms with van der Waals surface area (Å²) in [4.78, 5) is 4.16. The zero-order valence-electron chi connectivity index (χ0n) is 8.16. The normalized spacial score (nSPS) is 16.1. The van der Waals surface area contributed by atoms with Crippen LogP contribution in [0.15, 0.2) is 4.21 Å². The monoisotopic (exact) mass is 230 g/mol. The number of anilines is 1. The molecule has 14 heavy (non-hydrogen) atoms. The topological polar surface area (TPSA) is 48.1 Å². The highest BCUT2D eigenvalue weighted by Crippen LogP contribution is 2.32. The largest absolute Gasteiger partial charge is 0.375 e. The number of hydrogen-bond donors (Lipinski definition) is 1. The van der Waals surface area contributed by atoms with Crippen molar-refractivity contribution in [2.45, 2.75) is 24.0 Å². The summed E-state index contributed by atoms with van der Waals surface area (Å²) in [5.41, 5.74) is 6.62. The van der Waals surface area contributed by atoms with Crippen LogP contribution in [0.3, 0.4) is 0 Å². The first-order valence-corrected chi connectivity index (χ1v) is 6.49. The van der Waals surface area contributed by atoms with Gasteiger partial charge in [0.05, 0.1) is 22.4 Å². The molecule has 1 aromatic heterocycles. The molecule has 1 aliphatic carbocycles. The number of aryl methyl sites for hydroxylation is 1. The fourth-order valence-electron chi connectivity index (χ4n) is 1.13. The van der Waals surface area contributed by atoms with Crippen molar-refractivity contribution in [3.8, 4) is 0 Å². The predicted octanol–water partition coefficient (Wildman–Crippen LogP) is 2.51. The highest BCUT2D eigenvalue weighted by molar-refractivity contribution is 8.01. The Balaban J connectivity index is 1.70. The number of rotatable bonds is 5. The van der Waals surface area contributed by atoms with Gasteiger partial charge in [0.15, 0.2) is 5.13 Å². The minimum absolute atomic E-state index is 0.646. The minimum atomic E-state index is 0.646. The second-order valence-electron chi connectivity index (χ2n) is 3.50. The van der Waals surface area contributed by atoms with Crippen LogP contribution in [0.25, 0.3) is 0 Å². The quantitative estimate of drug-likeness (QED) is 0.479. The van der Waals surface area contributed by atoms with Crippen molar-refractivity contribution in [3.05, 3.63) is 5.69 Å². The maximum absolute atomic E-state index is 5.60. The number of thiazole rings is 1. The molecule has 0 atom stereocenters. The molecule has 3 nitrogen and oxygen atoms in total. The van der Waals surface area contributed by atoms with Crippen LogP contribution in [0.2, 0.25) is 0 Å². The molecule has 78 valence electrons. The lowest BCUT2D eigenvalue weighted by Gasteiger charge is -2.00. The molecule has 1 heterocycles. The molecule has 0 spiro atoms. The highest BCUT2D eigenvalue weighted by Gasteiger charge is 2.21. The average molecular weight is 230 g/mol. The molecule has 5 heteroatoms. The summed E-state index contributed by atoms with van der Waals surface area (Å²) in [6, 6.07) is 0. The van der Waals surface area contributed by atoms with Gasteiger partial charge in [-0.15, -0.1) is 0 Å². The van der Waals surface area contributed by atoms with E-state index < -0.39 is 0 Å². The summed E-state index contributed by atoms with van der Waals surface area (Å²) in [7, 11) is 0. The lowest BCUT2D eigenvalue weighted by Crippen LogP contribution is -1.94. The standard InChI is InChI=1S/C9H14N2OS2/c1-6-8(14-9(10)11-6)13-5-12-4-7-2-3-7/h7H,2-5H2,1H3,(H2,10,11). The van der Waals surface area contributed by atoms with E-state index in [9.17, 15) is 0 Å². The van der Waals surface area contributed by atoms with Gasteiger partial charge in [0.25, 0.3) is 0 Å². The molecule has 0 saturated heterocycles. The Morgan fingerprint density at radius 1 is 1.64 bits per heavy atom. The molecule has 1 aromatic rings. The summed E-state index contributed by atoms with van der Waals surface area (Å²) >= 11 is 3.23. The van der Waals surface area contributed by atoms with E-state index in [0.29, 0.717) is 5.13 Å². The van der Waals surface area contributed by atoms with Gasteiger partial charge in [-0.05, 0) is 25.7 Å². The van der Waals surface area contributed by atoms with Crippen LogP contribution in [-0.2, 0) is 4.74 Å². The van der Waals surface area contributed by atoms with Crippen LogP contribution in [0.4, 0.5) is 5.13 Å². The van der Waals surface area contributed by atoms with Gasteiger partial charge in [-0.1, -0.05) is 23.1 Å². The third-order valence-corrected chi connectivity index (χ3v) is 4.32. The van der Waals surface area contributed by atoms with E-state index in [1.54, 1.807) is 11.8 Å². The maximum Gasteiger partial charge on any atom is 0.181 e. The smallest absolute Gasteiger partial charge is 0.181 e. The summed E-state index contributed by atoms with van der Waals surface area (Å²) in [5, 5.41) is 0.646. The van der Waals surface area contributed by atoms with Crippen molar-refractivity contribution in [1.82, 2.24) is 4.98 Å². The third kappa shape index (κ3) is 2.87. The van der Waals surface area contributed by atoms with Gasteiger partial charge in [-0.3, -0.25) is 0 Å². The summed E-state index contributed by atoms with van der Waals surface area (Å²) in [6.07, 6.45) is 2.69. The molecule has 0 radical (unpaired) electrons. The first-order chi connectivity index (χ1) is 6.75. The Bertz CT molecular complexity index is 310. The van der Waals surface area contributed by atoms with Gasteiger partial charge in [-0.25, -0.2) is 4.98 Å². The van der Waals surface area contributed by atoms with Gasteiger partial charge in [0.1, 0.15) is 0 Å². The summed E-state index contributed by atoms with van der Waals surface area (Å²) in [5.74, 6) is 1.56. The van der Waals surface area contributed by atoms with Crippen molar-refractivity contribution in [2.75, 3.05) is 18.3 Å². The molecule has 1 aliphatic rings. The first kappa shape index (κ1) is 10.3. The number of hydrogen-bond acceptors (Lipinski definition) is 5. The van der Waals surface area contributed by atoms with Crippen molar-refractivity contribution in [3.63, 3.8) is 0 Å². The first-order valence-electron chi connectivity index (χ1n) is 4.69.